The van der Waals surface area contributed by atoms with Crippen molar-refractivity contribution in [3.63, 3.8) is 0 Å². The fraction of sp³-hybridized carbons (Fsp3) is 0. The second-order valence-corrected chi connectivity index (χ2v) is 1.09. The Labute approximate surface area is 52.5 Å². The fourth-order valence-electron chi connectivity index (χ4n) is 0.0803. The van der Waals surface area contributed by atoms with Crippen LogP contribution in [0.2, 0.25) is 0 Å². The molecule has 4 heteroatoms. The van der Waals surface area contributed by atoms with Crippen LogP contribution < -0.4 is 5.43 Å². The molecule has 3 nitrogen and oxygen atoms in total. The third kappa shape index (κ3) is 3.32. The summed E-state index contributed by atoms with van der Waals surface area (Å²) in [6, 6.07) is 0. The molecule has 0 unspecified atom stereocenters. The Morgan fingerprint density at radius 3 is 2.71 bits per heavy atom. The molecular formula is C3H3N3Pd. The summed E-state index contributed by atoms with van der Waals surface area (Å²) in [6.45, 7) is 9.55. The molecular weight excluding hydrogens is 184 g/mol. The van der Waals surface area contributed by atoms with Crippen LogP contribution in [0.4, 0.5) is 0 Å². The van der Waals surface area contributed by atoms with Crippen LogP contribution in [0.15, 0.2) is 16.0 Å². The summed E-state index contributed by atoms with van der Waals surface area (Å²) < 4.78 is 3.41. The maximum atomic E-state index is 6.21. The topological polar surface area (TPSA) is 28.8 Å². The molecule has 0 fully saturated rings. The molecule has 1 N–H and O–H groups in total. The first-order chi connectivity index (χ1) is 3.31. The minimum absolute atomic E-state index is 0.331. The van der Waals surface area contributed by atoms with Crippen molar-refractivity contribution in [2.75, 3.05) is 0 Å². The number of hydrogen-bond donors (Lipinski definition) is 1. The number of nitrogens with zero attached hydrogens (tertiary/aromatic N) is 2. The number of rotatable bonds is 2. The van der Waals surface area contributed by atoms with Crippen molar-refractivity contribution >= 4 is 0 Å². The first-order valence-corrected chi connectivity index (χ1v) is 2.11. The Balaban J connectivity index is 3.42. The van der Waals surface area contributed by atoms with E-state index in [0.29, 0.717) is 5.82 Å². The molecule has 0 atom stereocenters. The van der Waals surface area contributed by atoms with E-state index in [4.69, 9.17) is 6.57 Å². The molecule has 0 aromatic carbocycles. The Morgan fingerprint density at radius 2 is 2.57 bits per heavy atom. The summed E-state index contributed by atoms with van der Waals surface area (Å²) in [4.78, 5) is 2.79. The minimum atomic E-state index is 0.331. The van der Waals surface area contributed by atoms with Crippen LogP contribution in [0.5, 0.6) is 0 Å². The van der Waals surface area contributed by atoms with Gasteiger partial charge in [0.2, 0.25) is 0 Å². The number of hydrogen-bond acceptors (Lipinski definition) is 2. The molecule has 0 spiro atoms. The van der Waals surface area contributed by atoms with Gasteiger partial charge in [-0.3, -0.25) is 0 Å². The van der Waals surface area contributed by atoms with Crippen molar-refractivity contribution in [3.8, 4) is 0 Å². The van der Waals surface area contributed by atoms with E-state index in [0.717, 1.165) is 0 Å². The van der Waals surface area contributed by atoms with Gasteiger partial charge in [-0.15, -0.1) is 0 Å². The Kier molecular flexibility index (Phi) is 3.41. The van der Waals surface area contributed by atoms with Gasteiger partial charge in [-0.25, -0.2) is 0 Å². The molecule has 40 valence electrons. The molecule has 0 aromatic rings. The van der Waals surface area contributed by atoms with Crippen molar-refractivity contribution in [1.82, 2.24) is 5.43 Å². The monoisotopic (exact) mass is 187 g/mol. The van der Waals surface area contributed by atoms with E-state index < -0.39 is 0 Å². The maximum absolute atomic E-state index is 6.21. The van der Waals surface area contributed by atoms with Gasteiger partial charge in [-0.1, -0.05) is 0 Å². The van der Waals surface area contributed by atoms with Gasteiger partial charge in [0, 0.05) is 0 Å². The van der Waals surface area contributed by atoms with Crippen molar-refractivity contribution in [3.05, 3.63) is 23.9 Å². The molecule has 0 amide bonds. The van der Waals surface area contributed by atoms with Crippen molar-refractivity contribution < 1.29 is 19.0 Å². The summed E-state index contributed by atoms with van der Waals surface area (Å²) in [5.41, 5.74) is 2.19. The van der Waals surface area contributed by atoms with E-state index in [2.05, 4.69) is 39.5 Å². The Hall–Kier alpha value is -0.508. The molecule has 0 aliphatic carbocycles. The molecule has 7 heavy (non-hydrogen) atoms. The average molecular weight is 187 g/mol. The summed E-state index contributed by atoms with van der Waals surface area (Å²) in [6.07, 6.45) is 0. The predicted octanol–water partition coefficient (Wildman–Crippen LogP) is 0.612. The van der Waals surface area contributed by atoms with Crippen molar-refractivity contribution in [2.24, 2.45) is 3.57 Å². The molecule has 0 bridgehead atoms. The van der Waals surface area contributed by atoms with E-state index >= 15 is 0 Å². The van der Waals surface area contributed by atoms with Crippen LogP contribution in [0.25, 0.3) is 4.95 Å². The Morgan fingerprint density at radius 1 is 2.00 bits per heavy atom. The first-order valence-electron chi connectivity index (χ1n) is 1.42. The SMILES string of the molecule is [C-]#[N+]NC(=C)[N]=[Pd]. The van der Waals surface area contributed by atoms with Gasteiger partial charge in [0.25, 0.3) is 0 Å². The zero-order valence-corrected chi connectivity index (χ0v) is 4.97. The van der Waals surface area contributed by atoms with Crippen molar-refractivity contribution in [1.29, 1.82) is 0 Å². The van der Waals surface area contributed by atoms with Gasteiger partial charge in [0.1, 0.15) is 0 Å². The molecule has 0 heterocycles. The summed E-state index contributed by atoms with van der Waals surface area (Å²) in [7, 11) is 0. The summed E-state index contributed by atoms with van der Waals surface area (Å²) in [5.74, 6) is 0.331. The van der Waals surface area contributed by atoms with Crippen molar-refractivity contribution in [2.45, 2.75) is 0 Å². The van der Waals surface area contributed by atoms with Crippen LogP contribution in [-0.4, -0.2) is 0 Å². The second-order valence-electron chi connectivity index (χ2n) is 0.741. The zero-order chi connectivity index (χ0) is 5.70. The standard InChI is InChI=1S/C3H3N3.Pd/c1-3(4)6-5-2;/h6H,1H2;. The molecule has 0 saturated heterocycles. The third-order valence-electron chi connectivity index (χ3n) is 0.270. The summed E-state index contributed by atoms with van der Waals surface area (Å²) >= 11 is 2.50. The van der Waals surface area contributed by atoms with Crippen LogP contribution in [0.1, 0.15) is 0 Å². The van der Waals surface area contributed by atoms with Crippen LogP contribution >= 0.6 is 0 Å². The van der Waals surface area contributed by atoms with E-state index in [1.54, 1.807) is 0 Å². The van der Waals surface area contributed by atoms with E-state index in [1.165, 1.54) is 0 Å². The summed E-state index contributed by atoms with van der Waals surface area (Å²) in [5, 5.41) is 0. The van der Waals surface area contributed by atoms with Gasteiger partial charge in [0.05, 0.1) is 0 Å². The Bertz CT molecular complexity index is 123. The van der Waals surface area contributed by atoms with Crippen LogP contribution in [0.3, 0.4) is 0 Å². The zero-order valence-electron chi connectivity index (χ0n) is 3.42. The third-order valence-corrected chi connectivity index (χ3v) is 0.690. The van der Waals surface area contributed by atoms with Gasteiger partial charge < -0.3 is 0 Å². The van der Waals surface area contributed by atoms with Crippen LogP contribution in [-0.2, 0) is 19.0 Å². The number of nitrogens with one attached hydrogen (secondary N) is 1. The molecule has 0 saturated carbocycles. The van der Waals surface area contributed by atoms with E-state index in [9.17, 15) is 0 Å². The average Bonchev–Trinajstić information content (AvgIpc) is 1.68. The quantitative estimate of drug-likeness (QED) is 0.383. The van der Waals surface area contributed by atoms with E-state index in [-0.39, 0.29) is 0 Å². The first kappa shape index (κ1) is 6.49. The predicted molar refractivity (Wildman–Crippen MR) is 21.3 cm³/mol. The molecule has 0 aliphatic rings. The van der Waals surface area contributed by atoms with Crippen LogP contribution in [0, 0.1) is 6.57 Å². The van der Waals surface area contributed by atoms with Gasteiger partial charge in [-0.2, -0.15) is 0 Å². The molecule has 0 aliphatic heterocycles. The van der Waals surface area contributed by atoms with E-state index in [1.807, 2.05) is 0 Å². The molecule has 0 radical (unpaired) electrons. The van der Waals surface area contributed by atoms with Gasteiger partial charge >= 0.3 is 51.9 Å². The fourth-order valence-corrected chi connectivity index (χ4v) is 0.158. The van der Waals surface area contributed by atoms with Gasteiger partial charge in [0.15, 0.2) is 0 Å². The normalized spacial score (nSPS) is 6.43. The second kappa shape index (κ2) is 3.67. The van der Waals surface area contributed by atoms with Gasteiger partial charge in [-0.05, 0) is 0 Å². The molecule has 0 rings (SSSR count). The molecule has 0 aromatic heterocycles.